The number of hydrogen-bond acceptors (Lipinski definition) is 3. The molecule has 2 heterocycles. The Labute approximate surface area is 136 Å². The van der Waals surface area contributed by atoms with E-state index in [0.717, 1.165) is 37.9 Å². The average molecular weight is 315 g/mol. The molecule has 0 radical (unpaired) electrons. The minimum atomic E-state index is 0.142. The van der Waals surface area contributed by atoms with Gasteiger partial charge in [-0.2, -0.15) is 5.10 Å². The Hall–Kier alpha value is -2.11. The van der Waals surface area contributed by atoms with Crippen molar-refractivity contribution < 1.29 is 4.79 Å². The Bertz CT molecular complexity index is 611. The first-order valence-electron chi connectivity index (χ1n) is 8.54. The molecule has 1 amide bonds. The number of aromatic nitrogens is 4. The standard InChI is InChI=1S/C17H25N5O/c1-2-16-18-10-13-21(16)12-8-17(23)20-14-4-6-15(7-5-14)22-11-3-9-19-22/h3,9-11,13-15H,2,4-8,12H2,1H3,(H,20,23). The molecule has 2 aromatic rings. The topological polar surface area (TPSA) is 64.7 Å². The first-order valence-corrected chi connectivity index (χ1v) is 8.54. The highest BCUT2D eigenvalue weighted by molar-refractivity contribution is 5.76. The zero-order valence-corrected chi connectivity index (χ0v) is 13.7. The second-order valence-corrected chi connectivity index (χ2v) is 6.20. The van der Waals surface area contributed by atoms with Crippen molar-refractivity contribution in [3.63, 3.8) is 0 Å². The fraction of sp³-hybridized carbons (Fsp3) is 0.588. The van der Waals surface area contributed by atoms with Gasteiger partial charge in [0.05, 0.1) is 6.04 Å². The maximum Gasteiger partial charge on any atom is 0.222 e. The molecule has 3 rings (SSSR count). The second-order valence-electron chi connectivity index (χ2n) is 6.20. The first-order chi connectivity index (χ1) is 11.3. The molecule has 1 aliphatic rings. The van der Waals surface area contributed by atoms with Crippen molar-refractivity contribution in [1.29, 1.82) is 0 Å². The maximum atomic E-state index is 12.2. The molecule has 1 N–H and O–H groups in total. The summed E-state index contributed by atoms with van der Waals surface area (Å²) in [5, 5.41) is 7.50. The van der Waals surface area contributed by atoms with Crippen LogP contribution in [0.4, 0.5) is 0 Å². The summed E-state index contributed by atoms with van der Waals surface area (Å²) >= 11 is 0. The van der Waals surface area contributed by atoms with E-state index in [1.807, 2.05) is 29.3 Å². The van der Waals surface area contributed by atoms with Crippen LogP contribution < -0.4 is 5.32 Å². The Morgan fingerprint density at radius 2 is 2.09 bits per heavy atom. The van der Waals surface area contributed by atoms with Gasteiger partial charge in [-0.25, -0.2) is 4.98 Å². The van der Waals surface area contributed by atoms with Gasteiger partial charge in [0.2, 0.25) is 5.91 Å². The van der Waals surface area contributed by atoms with Crippen LogP contribution in [0.2, 0.25) is 0 Å². The van der Waals surface area contributed by atoms with Crippen molar-refractivity contribution in [1.82, 2.24) is 24.6 Å². The van der Waals surface area contributed by atoms with Crippen LogP contribution in [-0.2, 0) is 17.8 Å². The quantitative estimate of drug-likeness (QED) is 0.890. The van der Waals surface area contributed by atoms with Crippen LogP contribution in [0.5, 0.6) is 0 Å². The van der Waals surface area contributed by atoms with Gasteiger partial charge in [0.15, 0.2) is 0 Å². The Balaban J connectivity index is 1.41. The summed E-state index contributed by atoms with van der Waals surface area (Å²) in [5.74, 6) is 1.18. The number of nitrogens with one attached hydrogen (secondary N) is 1. The number of hydrogen-bond donors (Lipinski definition) is 1. The third-order valence-corrected chi connectivity index (χ3v) is 4.66. The highest BCUT2D eigenvalue weighted by atomic mass is 16.1. The number of aryl methyl sites for hydroxylation is 2. The van der Waals surface area contributed by atoms with Crippen LogP contribution >= 0.6 is 0 Å². The molecule has 2 aromatic heterocycles. The summed E-state index contributed by atoms with van der Waals surface area (Å²) in [7, 11) is 0. The predicted molar refractivity (Wildman–Crippen MR) is 87.9 cm³/mol. The van der Waals surface area contributed by atoms with Gasteiger partial charge in [0.1, 0.15) is 5.82 Å². The molecule has 23 heavy (non-hydrogen) atoms. The zero-order valence-electron chi connectivity index (χ0n) is 13.7. The van der Waals surface area contributed by atoms with E-state index in [1.54, 1.807) is 6.20 Å². The number of rotatable bonds is 6. The molecule has 0 bridgehead atoms. The summed E-state index contributed by atoms with van der Waals surface area (Å²) < 4.78 is 4.11. The molecule has 0 aromatic carbocycles. The normalized spacial score (nSPS) is 21.3. The summed E-state index contributed by atoms with van der Waals surface area (Å²) in [6.45, 7) is 2.79. The number of amides is 1. The molecular weight excluding hydrogens is 290 g/mol. The van der Waals surface area contributed by atoms with Gasteiger partial charge < -0.3 is 9.88 Å². The van der Waals surface area contributed by atoms with Crippen LogP contribution in [0.25, 0.3) is 0 Å². The van der Waals surface area contributed by atoms with E-state index in [4.69, 9.17) is 0 Å². The van der Waals surface area contributed by atoms with Gasteiger partial charge in [-0.15, -0.1) is 0 Å². The molecule has 0 spiro atoms. The van der Waals surface area contributed by atoms with E-state index in [1.165, 1.54) is 0 Å². The Morgan fingerprint density at radius 3 is 2.78 bits per heavy atom. The largest absolute Gasteiger partial charge is 0.353 e. The van der Waals surface area contributed by atoms with E-state index < -0.39 is 0 Å². The van der Waals surface area contributed by atoms with Gasteiger partial charge in [-0.3, -0.25) is 9.48 Å². The van der Waals surface area contributed by atoms with Crippen LogP contribution in [0.15, 0.2) is 30.9 Å². The van der Waals surface area contributed by atoms with E-state index in [2.05, 4.69) is 26.9 Å². The molecule has 0 atom stereocenters. The molecule has 0 saturated heterocycles. The van der Waals surface area contributed by atoms with Gasteiger partial charge in [-0.1, -0.05) is 6.92 Å². The van der Waals surface area contributed by atoms with Crippen LogP contribution in [0.3, 0.4) is 0 Å². The molecule has 1 fully saturated rings. The monoisotopic (exact) mass is 315 g/mol. The van der Waals surface area contributed by atoms with Crippen molar-refractivity contribution in [2.45, 2.75) is 64.1 Å². The highest BCUT2D eigenvalue weighted by Crippen LogP contribution is 2.27. The minimum Gasteiger partial charge on any atom is -0.353 e. The SMILES string of the molecule is CCc1nccn1CCC(=O)NC1CCC(n2cccn2)CC1. The number of carbonyl (C=O) groups is 1. The minimum absolute atomic E-state index is 0.142. The molecule has 124 valence electrons. The molecular formula is C17H25N5O. The van der Waals surface area contributed by atoms with Crippen molar-refractivity contribution in [3.8, 4) is 0 Å². The first kappa shape index (κ1) is 15.8. The molecule has 6 nitrogen and oxygen atoms in total. The number of nitrogens with zero attached hydrogens (tertiary/aromatic N) is 4. The van der Waals surface area contributed by atoms with Gasteiger partial charge in [-0.05, 0) is 31.7 Å². The Kier molecular flexibility index (Phi) is 5.10. The maximum absolute atomic E-state index is 12.2. The summed E-state index contributed by atoms with van der Waals surface area (Å²) in [4.78, 5) is 16.4. The fourth-order valence-corrected chi connectivity index (χ4v) is 3.36. The van der Waals surface area contributed by atoms with Gasteiger partial charge in [0, 0.05) is 50.2 Å². The van der Waals surface area contributed by atoms with Crippen LogP contribution in [0, 0.1) is 0 Å². The van der Waals surface area contributed by atoms with Crippen molar-refractivity contribution >= 4 is 5.91 Å². The molecule has 1 saturated carbocycles. The molecule has 0 aliphatic heterocycles. The van der Waals surface area contributed by atoms with Gasteiger partial charge in [0.25, 0.3) is 0 Å². The van der Waals surface area contributed by atoms with Crippen LogP contribution in [-0.4, -0.2) is 31.3 Å². The molecule has 1 aliphatic carbocycles. The lowest BCUT2D eigenvalue weighted by atomic mass is 9.91. The van der Waals surface area contributed by atoms with E-state index in [0.29, 0.717) is 25.0 Å². The highest BCUT2D eigenvalue weighted by Gasteiger charge is 2.23. The van der Waals surface area contributed by atoms with Crippen molar-refractivity contribution in [3.05, 3.63) is 36.7 Å². The zero-order chi connectivity index (χ0) is 16.1. The predicted octanol–water partition coefficient (Wildman–Crippen LogP) is 2.33. The second kappa shape index (κ2) is 7.44. The average Bonchev–Trinajstić information content (AvgIpc) is 3.25. The lowest BCUT2D eigenvalue weighted by Crippen LogP contribution is -2.38. The van der Waals surface area contributed by atoms with E-state index >= 15 is 0 Å². The lowest BCUT2D eigenvalue weighted by molar-refractivity contribution is -0.122. The van der Waals surface area contributed by atoms with Gasteiger partial charge >= 0.3 is 0 Å². The summed E-state index contributed by atoms with van der Waals surface area (Å²) in [5.41, 5.74) is 0. The summed E-state index contributed by atoms with van der Waals surface area (Å²) in [6.07, 6.45) is 13.2. The fourth-order valence-electron chi connectivity index (χ4n) is 3.36. The third kappa shape index (κ3) is 4.00. The Morgan fingerprint density at radius 1 is 1.26 bits per heavy atom. The lowest BCUT2D eigenvalue weighted by Gasteiger charge is -2.29. The third-order valence-electron chi connectivity index (χ3n) is 4.66. The molecule has 6 heteroatoms. The van der Waals surface area contributed by atoms with Crippen LogP contribution in [0.1, 0.15) is 50.9 Å². The number of imidazole rings is 1. The van der Waals surface area contributed by atoms with E-state index in [-0.39, 0.29) is 5.91 Å². The summed E-state index contributed by atoms with van der Waals surface area (Å²) in [6, 6.07) is 2.76. The van der Waals surface area contributed by atoms with Crippen molar-refractivity contribution in [2.75, 3.05) is 0 Å². The van der Waals surface area contributed by atoms with E-state index in [9.17, 15) is 4.79 Å². The smallest absolute Gasteiger partial charge is 0.222 e. The van der Waals surface area contributed by atoms with Crippen molar-refractivity contribution in [2.24, 2.45) is 0 Å². The number of carbonyl (C=O) groups excluding carboxylic acids is 1. The molecule has 0 unspecified atom stereocenters.